The van der Waals surface area contributed by atoms with E-state index in [2.05, 4.69) is 29.7 Å². The smallest absolute Gasteiger partial charge is 0.0462 e. The highest BCUT2D eigenvalue weighted by molar-refractivity contribution is 5.14. The highest BCUT2D eigenvalue weighted by Gasteiger charge is 2.06. The number of hydrogen-bond acceptors (Lipinski definition) is 3. The van der Waals surface area contributed by atoms with Crippen LogP contribution in [0.3, 0.4) is 0 Å². The minimum Gasteiger partial charge on any atom is -0.385 e. The van der Waals surface area contributed by atoms with Crippen LogP contribution in [0.4, 0.5) is 0 Å². The normalized spacial score (nSPS) is 12.6. The Hall–Kier alpha value is -0.900. The Labute approximate surface area is 98.0 Å². The van der Waals surface area contributed by atoms with E-state index in [1.54, 1.807) is 7.11 Å². The Morgan fingerprint density at radius 1 is 1.25 bits per heavy atom. The fraction of sp³-hybridized carbons (Fsp3) is 0.538. The van der Waals surface area contributed by atoms with Crippen LogP contribution >= 0.6 is 0 Å². The molecule has 16 heavy (non-hydrogen) atoms. The lowest BCUT2D eigenvalue weighted by Crippen LogP contribution is -2.35. The Morgan fingerprint density at radius 2 is 2.00 bits per heavy atom. The summed E-state index contributed by atoms with van der Waals surface area (Å²) in [6.07, 6.45) is 4.27. The molecule has 0 bridgehead atoms. The van der Waals surface area contributed by atoms with Crippen LogP contribution in [0.2, 0.25) is 0 Å². The topological polar surface area (TPSA) is 47.3 Å². The molecule has 0 aromatic heterocycles. The monoisotopic (exact) mass is 222 g/mol. The molecule has 0 fully saturated rings. The standard InChI is InChI=1S/C13H22N2O/c1-16-11-5-8-13(15-14)10-9-12-6-3-2-4-7-12/h2-4,6-7,13,15H,5,8-11,14H2,1H3. The molecule has 0 amide bonds. The second-order valence-corrected chi connectivity index (χ2v) is 4.02. The van der Waals surface area contributed by atoms with E-state index in [9.17, 15) is 0 Å². The number of rotatable bonds is 8. The van der Waals surface area contributed by atoms with E-state index in [4.69, 9.17) is 10.6 Å². The minimum absolute atomic E-state index is 0.385. The van der Waals surface area contributed by atoms with Gasteiger partial charge in [0.2, 0.25) is 0 Å². The lowest BCUT2D eigenvalue weighted by atomic mass is 10.0. The third-order valence-electron chi connectivity index (χ3n) is 2.76. The molecule has 1 rings (SSSR count). The zero-order valence-electron chi connectivity index (χ0n) is 9.99. The zero-order valence-corrected chi connectivity index (χ0v) is 9.99. The number of benzene rings is 1. The van der Waals surface area contributed by atoms with Gasteiger partial charge in [-0.2, -0.15) is 0 Å². The molecule has 3 nitrogen and oxygen atoms in total. The fourth-order valence-electron chi connectivity index (χ4n) is 1.77. The van der Waals surface area contributed by atoms with Gasteiger partial charge in [0.25, 0.3) is 0 Å². The van der Waals surface area contributed by atoms with Crippen LogP contribution in [0.15, 0.2) is 30.3 Å². The number of nitrogens with two attached hydrogens (primary N) is 1. The molecular weight excluding hydrogens is 200 g/mol. The summed E-state index contributed by atoms with van der Waals surface area (Å²) < 4.78 is 5.03. The Bertz CT molecular complexity index is 264. The summed E-state index contributed by atoms with van der Waals surface area (Å²) in [5, 5.41) is 0. The summed E-state index contributed by atoms with van der Waals surface area (Å²) in [6, 6.07) is 10.9. The average Bonchev–Trinajstić information content (AvgIpc) is 2.35. The number of methoxy groups -OCH3 is 1. The van der Waals surface area contributed by atoms with E-state index in [1.165, 1.54) is 5.56 Å². The van der Waals surface area contributed by atoms with Gasteiger partial charge in [-0.25, -0.2) is 0 Å². The van der Waals surface area contributed by atoms with Crippen LogP contribution in [0, 0.1) is 0 Å². The third kappa shape index (κ3) is 5.26. The third-order valence-corrected chi connectivity index (χ3v) is 2.76. The predicted molar refractivity (Wildman–Crippen MR) is 67.0 cm³/mol. The molecule has 1 aromatic rings. The van der Waals surface area contributed by atoms with Crippen LogP contribution in [-0.2, 0) is 11.2 Å². The quantitative estimate of drug-likeness (QED) is 0.401. The van der Waals surface area contributed by atoms with Crippen molar-refractivity contribution in [3.05, 3.63) is 35.9 Å². The first-order chi connectivity index (χ1) is 7.86. The van der Waals surface area contributed by atoms with Crippen LogP contribution in [0.25, 0.3) is 0 Å². The lowest BCUT2D eigenvalue weighted by Gasteiger charge is -2.15. The van der Waals surface area contributed by atoms with E-state index in [1.807, 2.05) is 6.07 Å². The molecule has 0 heterocycles. The molecule has 1 atom stereocenters. The van der Waals surface area contributed by atoms with Crippen molar-refractivity contribution in [3.63, 3.8) is 0 Å². The Kier molecular flexibility index (Phi) is 6.81. The van der Waals surface area contributed by atoms with Crippen molar-refractivity contribution in [2.24, 2.45) is 5.84 Å². The van der Waals surface area contributed by atoms with Crippen LogP contribution in [0.5, 0.6) is 0 Å². The molecule has 0 saturated heterocycles. The minimum atomic E-state index is 0.385. The van der Waals surface area contributed by atoms with E-state index in [0.29, 0.717) is 6.04 Å². The molecule has 90 valence electrons. The van der Waals surface area contributed by atoms with Gasteiger partial charge in [-0.3, -0.25) is 11.3 Å². The summed E-state index contributed by atoms with van der Waals surface area (Å²) in [6.45, 7) is 0.809. The van der Waals surface area contributed by atoms with E-state index >= 15 is 0 Å². The second kappa shape index (κ2) is 8.28. The van der Waals surface area contributed by atoms with Gasteiger partial charge >= 0.3 is 0 Å². The summed E-state index contributed by atoms with van der Waals surface area (Å²) >= 11 is 0. The molecule has 0 saturated carbocycles. The van der Waals surface area contributed by atoms with Crippen molar-refractivity contribution >= 4 is 0 Å². The van der Waals surface area contributed by atoms with E-state index < -0.39 is 0 Å². The van der Waals surface area contributed by atoms with Gasteiger partial charge in [-0.05, 0) is 31.2 Å². The molecule has 1 aromatic carbocycles. The SMILES string of the molecule is COCCCC(CCc1ccccc1)NN. The second-order valence-electron chi connectivity index (χ2n) is 4.02. The number of hydrogen-bond donors (Lipinski definition) is 2. The Balaban J connectivity index is 2.23. The molecule has 0 radical (unpaired) electrons. The Morgan fingerprint density at radius 3 is 2.62 bits per heavy atom. The largest absolute Gasteiger partial charge is 0.385 e. The van der Waals surface area contributed by atoms with E-state index in [-0.39, 0.29) is 0 Å². The molecule has 0 aliphatic rings. The number of aryl methyl sites for hydroxylation is 1. The summed E-state index contributed by atoms with van der Waals surface area (Å²) in [4.78, 5) is 0. The van der Waals surface area contributed by atoms with Gasteiger partial charge < -0.3 is 4.74 Å². The average molecular weight is 222 g/mol. The van der Waals surface area contributed by atoms with Crippen molar-refractivity contribution in [2.45, 2.75) is 31.7 Å². The van der Waals surface area contributed by atoms with Gasteiger partial charge in [0, 0.05) is 19.8 Å². The molecule has 3 heteroatoms. The molecular formula is C13H22N2O. The van der Waals surface area contributed by atoms with Crippen LogP contribution in [0.1, 0.15) is 24.8 Å². The van der Waals surface area contributed by atoms with Gasteiger partial charge in [0.1, 0.15) is 0 Å². The highest BCUT2D eigenvalue weighted by Crippen LogP contribution is 2.08. The maximum absolute atomic E-state index is 5.53. The maximum Gasteiger partial charge on any atom is 0.0462 e. The predicted octanol–water partition coefficient (Wildman–Crippen LogP) is 1.88. The van der Waals surface area contributed by atoms with Crippen molar-refractivity contribution in [1.29, 1.82) is 0 Å². The number of hydrazine groups is 1. The first kappa shape index (κ1) is 13.2. The molecule has 0 spiro atoms. The number of ether oxygens (including phenoxy) is 1. The van der Waals surface area contributed by atoms with Crippen LogP contribution in [-0.4, -0.2) is 19.8 Å². The molecule has 0 aliphatic heterocycles. The summed E-state index contributed by atoms with van der Waals surface area (Å²) in [5.41, 5.74) is 4.25. The zero-order chi connectivity index (χ0) is 11.6. The van der Waals surface area contributed by atoms with Crippen LogP contribution < -0.4 is 11.3 Å². The maximum atomic E-state index is 5.53. The first-order valence-corrected chi connectivity index (χ1v) is 5.86. The molecule has 1 unspecified atom stereocenters. The van der Waals surface area contributed by atoms with Crippen molar-refractivity contribution in [3.8, 4) is 0 Å². The lowest BCUT2D eigenvalue weighted by molar-refractivity contribution is 0.188. The summed E-state index contributed by atoms with van der Waals surface area (Å²) in [7, 11) is 1.73. The molecule has 3 N–H and O–H groups in total. The first-order valence-electron chi connectivity index (χ1n) is 5.86. The van der Waals surface area contributed by atoms with Gasteiger partial charge in [-0.15, -0.1) is 0 Å². The van der Waals surface area contributed by atoms with E-state index in [0.717, 1.165) is 32.3 Å². The van der Waals surface area contributed by atoms with Gasteiger partial charge in [0.15, 0.2) is 0 Å². The van der Waals surface area contributed by atoms with Gasteiger partial charge in [-0.1, -0.05) is 30.3 Å². The van der Waals surface area contributed by atoms with Crippen molar-refractivity contribution in [1.82, 2.24) is 5.43 Å². The number of nitrogens with one attached hydrogen (secondary N) is 1. The highest BCUT2D eigenvalue weighted by atomic mass is 16.5. The fourth-order valence-corrected chi connectivity index (χ4v) is 1.77. The summed E-state index contributed by atoms with van der Waals surface area (Å²) in [5.74, 6) is 5.53. The van der Waals surface area contributed by atoms with Gasteiger partial charge in [0.05, 0.1) is 0 Å². The molecule has 0 aliphatic carbocycles. The van der Waals surface area contributed by atoms with Crippen molar-refractivity contribution in [2.75, 3.05) is 13.7 Å². The van der Waals surface area contributed by atoms with Crippen molar-refractivity contribution < 1.29 is 4.74 Å².